The summed E-state index contributed by atoms with van der Waals surface area (Å²) in [6, 6.07) is 11.5. The number of hydrogen-bond acceptors (Lipinski definition) is 3. The van der Waals surface area contributed by atoms with E-state index in [1.807, 2.05) is 6.07 Å². The number of halogens is 2. The summed E-state index contributed by atoms with van der Waals surface area (Å²) >= 11 is 3.37. The van der Waals surface area contributed by atoms with Crippen LogP contribution in [0.1, 0.15) is 15.9 Å². The molecule has 0 saturated carbocycles. The normalized spacial score (nSPS) is 10.2. The van der Waals surface area contributed by atoms with Crippen molar-refractivity contribution in [3.63, 3.8) is 0 Å². The first-order valence-corrected chi connectivity index (χ1v) is 6.76. The molecule has 0 fully saturated rings. The molecule has 0 radical (unpaired) electrons. The molecule has 0 amide bonds. The van der Waals surface area contributed by atoms with Crippen molar-refractivity contribution < 1.29 is 13.9 Å². The molecule has 2 aromatic carbocycles. The summed E-state index contributed by atoms with van der Waals surface area (Å²) in [7, 11) is 1.34. The zero-order valence-corrected chi connectivity index (χ0v) is 12.4. The Morgan fingerprint density at radius 1 is 1.30 bits per heavy atom. The number of carbonyl (C=O) groups excluding carboxylic acids is 1. The van der Waals surface area contributed by atoms with Crippen LogP contribution in [0.4, 0.5) is 10.1 Å². The van der Waals surface area contributed by atoms with E-state index in [4.69, 9.17) is 4.74 Å². The molecule has 0 aliphatic rings. The molecule has 1 N–H and O–H groups in total. The first-order chi connectivity index (χ1) is 9.61. The van der Waals surface area contributed by atoms with Crippen LogP contribution in [0.2, 0.25) is 0 Å². The highest BCUT2D eigenvalue weighted by Crippen LogP contribution is 2.21. The standard InChI is InChI=1S/C15H13BrFNO2/c1-20-15(19)12-4-2-3-5-14(12)18-9-10-8-11(17)6-7-13(10)16/h2-8,18H,9H2,1H3. The van der Waals surface area contributed by atoms with Crippen LogP contribution < -0.4 is 5.32 Å². The maximum Gasteiger partial charge on any atom is 0.339 e. The predicted octanol–water partition coefficient (Wildman–Crippen LogP) is 3.99. The Kier molecular flexibility index (Phi) is 4.74. The van der Waals surface area contributed by atoms with Crippen LogP contribution >= 0.6 is 15.9 Å². The number of benzene rings is 2. The summed E-state index contributed by atoms with van der Waals surface area (Å²) in [4.78, 5) is 11.6. The fourth-order valence-corrected chi connectivity index (χ4v) is 2.18. The van der Waals surface area contributed by atoms with Crippen LogP contribution in [0.25, 0.3) is 0 Å². The lowest BCUT2D eigenvalue weighted by atomic mass is 10.1. The lowest BCUT2D eigenvalue weighted by Gasteiger charge is -2.11. The number of methoxy groups -OCH3 is 1. The average molecular weight is 338 g/mol. The Labute approximate surface area is 124 Å². The maximum atomic E-state index is 13.2. The fraction of sp³-hybridized carbons (Fsp3) is 0.133. The third-order valence-electron chi connectivity index (χ3n) is 2.81. The van der Waals surface area contributed by atoms with Gasteiger partial charge >= 0.3 is 5.97 Å². The average Bonchev–Trinajstić information content (AvgIpc) is 2.47. The molecular weight excluding hydrogens is 325 g/mol. The summed E-state index contributed by atoms with van der Waals surface area (Å²) in [5.74, 6) is -0.710. The van der Waals surface area contributed by atoms with Gasteiger partial charge in [-0.05, 0) is 35.9 Å². The highest BCUT2D eigenvalue weighted by atomic mass is 79.9. The van der Waals surface area contributed by atoms with E-state index in [1.54, 1.807) is 24.3 Å². The Balaban J connectivity index is 2.19. The number of para-hydroxylation sites is 1. The van der Waals surface area contributed by atoms with Crippen LogP contribution in [0.15, 0.2) is 46.9 Å². The van der Waals surface area contributed by atoms with Crippen molar-refractivity contribution in [2.75, 3.05) is 12.4 Å². The van der Waals surface area contributed by atoms with E-state index >= 15 is 0 Å². The monoisotopic (exact) mass is 337 g/mol. The van der Waals surface area contributed by atoms with Gasteiger partial charge < -0.3 is 10.1 Å². The minimum Gasteiger partial charge on any atom is -0.465 e. The van der Waals surface area contributed by atoms with Crippen molar-refractivity contribution in [3.8, 4) is 0 Å². The van der Waals surface area contributed by atoms with Gasteiger partial charge in [-0.2, -0.15) is 0 Å². The van der Waals surface area contributed by atoms with Gasteiger partial charge in [0, 0.05) is 16.7 Å². The highest BCUT2D eigenvalue weighted by molar-refractivity contribution is 9.10. The summed E-state index contributed by atoms with van der Waals surface area (Å²) in [5.41, 5.74) is 1.86. The molecule has 0 aromatic heterocycles. The number of rotatable bonds is 4. The van der Waals surface area contributed by atoms with Crippen LogP contribution in [-0.2, 0) is 11.3 Å². The Morgan fingerprint density at radius 3 is 2.80 bits per heavy atom. The van der Waals surface area contributed by atoms with Crippen molar-refractivity contribution in [2.24, 2.45) is 0 Å². The summed E-state index contributed by atoms with van der Waals surface area (Å²) in [6.07, 6.45) is 0. The van der Waals surface area contributed by atoms with Crippen LogP contribution in [-0.4, -0.2) is 13.1 Å². The third-order valence-corrected chi connectivity index (χ3v) is 3.58. The van der Waals surface area contributed by atoms with Crippen molar-refractivity contribution in [2.45, 2.75) is 6.54 Å². The highest BCUT2D eigenvalue weighted by Gasteiger charge is 2.11. The molecule has 2 rings (SSSR count). The topological polar surface area (TPSA) is 38.3 Å². The summed E-state index contributed by atoms with van der Waals surface area (Å²) in [5, 5.41) is 3.12. The molecule has 104 valence electrons. The molecule has 5 heteroatoms. The molecule has 0 saturated heterocycles. The third kappa shape index (κ3) is 3.36. The Morgan fingerprint density at radius 2 is 2.05 bits per heavy atom. The quantitative estimate of drug-likeness (QED) is 0.857. The van der Waals surface area contributed by atoms with Gasteiger partial charge in [0.05, 0.1) is 12.7 Å². The van der Waals surface area contributed by atoms with E-state index in [0.717, 1.165) is 10.0 Å². The lowest BCUT2D eigenvalue weighted by molar-refractivity contribution is 0.0602. The van der Waals surface area contributed by atoms with Gasteiger partial charge in [-0.1, -0.05) is 28.1 Å². The van der Waals surface area contributed by atoms with E-state index in [-0.39, 0.29) is 5.82 Å². The molecule has 20 heavy (non-hydrogen) atoms. The van der Waals surface area contributed by atoms with Crippen molar-refractivity contribution in [1.82, 2.24) is 0 Å². The molecule has 3 nitrogen and oxygen atoms in total. The first kappa shape index (κ1) is 14.5. The minimum absolute atomic E-state index is 0.300. The van der Waals surface area contributed by atoms with Gasteiger partial charge in [0.15, 0.2) is 0 Å². The van der Waals surface area contributed by atoms with Crippen LogP contribution in [0.3, 0.4) is 0 Å². The molecule has 0 aliphatic carbocycles. The van der Waals surface area contributed by atoms with Crippen LogP contribution in [0, 0.1) is 5.82 Å². The van der Waals surface area contributed by atoms with Gasteiger partial charge in [0.1, 0.15) is 5.82 Å². The molecule has 0 atom stereocenters. The van der Waals surface area contributed by atoms with Gasteiger partial charge in [-0.15, -0.1) is 0 Å². The maximum absolute atomic E-state index is 13.2. The van der Waals surface area contributed by atoms with E-state index in [9.17, 15) is 9.18 Å². The Bertz CT molecular complexity index is 631. The second-order valence-electron chi connectivity index (χ2n) is 4.13. The minimum atomic E-state index is -0.411. The molecule has 0 heterocycles. The molecule has 0 bridgehead atoms. The lowest BCUT2D eigenvalue weighted by Crippen LogP contribution is -2.08. The van der Waals surface area contributed by atoms with Gasteiger partial charge in [0.2, 0.25) is 0 Å². The molecule has 0 unspecified atom stereocenters. The number of carbonyl (C=O) groups is 1. The largest absolute Gasteiger partial charge is 0.465 e. The van der Waals surface area contributed by atoms with Crippen molar-refractivity contribution in [1.29, 1.82) is 0 Å². The van der Waals surface area contributed by atoms with Crippen molar-refractivity contribution in [3.05, 3.63) is 63.9 Å². The number of nitrogens with one attached hydrogen (secondary N) is 1. The summed E-state index contributed by atoms with van der Waals surface area (Å²) < 4.78 is 18.7. The van der Waals surface area contributed by atoms with E-state index in [1.165, 1.54) is 19.2 Å². The zero-order valence-electron chi connectivity index (χ0n) is 10.8. The van der Waals surface area contributed by atoms with Gasteiger partial charge in [-0.3, -0.25) is 0 Å². The van der Waals surface area contributed by atoms with Gasteiger partial charge in [-0.25, -0.2) is 9.18 Å². The SMILES string of the molecule is COC(=O)c1ccccc1NCc1cc(F)ccc1Br. The van der Waals surface area contributed by atoms with Crippen molar-refractivity contribution >= 4 is 27.6 Å². The first-order valence-electron chi connectivity index (χ1n) is 5.97. The van der Waals surface area contributed by atoms with E-state index < -0.39 is 5.97 Å². The van der Waals surface area contributed by atoms with Gasteiger partial charge in [0.25, 0.3) is 0 Å². The zero-order chi connectivity index (χ0) is 14.5. The fourth-order valence-electron chi connectivity index (χ4n) is 1.79. The smallest absolute Gasteiger partial charge is 0.339 e. The second-order valence-corrected chi connectivity index (χ2v) is 4.98. The van der Waals surface area contributed by atoms with E-state index in [2.05, 4.69) is 21.2 Å². The second kappa shape index (κ2) is 6.52. The molecule has 2 aromatic rings. The number of ether oxygens (including phenoxy) is 1. The van der Waals surface area contributed by atoms with E-state index in [0.29, 0.717) is 17.8 Å². The molecule has 0 aliphatic heterocycles. The Hall–Kier alpha value is -1.88. The predicted molar refractivity (Wildman–Crippen MR) is 79.2 cm³/mol. The van der Waals surface area contributed by atoms with Crippen LogP contribution in [0.5, 0.6) is 0 Å². The summed E-state index contributed by atoms with van der Waals surface area (Å²) in [6.45, 7) is 0.395. The molecule has 0 spiro atoms. The molecular formula is C15H13BrFNO2. The number of esters is 1. The number of anilines is 1. The number of hydrogen-bond donors (Lipinski definition) is 1.